The van der Waals surface area contributed by atoms with E-state index in [1.807, 2.05) is 6.07 Å². The predicted molar refractivity (Wildman–Crippen MR) is 76.0 cm³/mol. The van der Waals surface area contributed by atoms with Gasteiger partial charge in [0.1, 0.15) is 12.1 Å². The van der Waals surface area contributed by atoms with Gasteiger partial charge in [0.15, 0.2) is 0 Å². The highest BCUT2D eigenvalue weighted by molar-refractivity contribution is 6.31. The van der Waals surface area contributed by atoms with Gasteiger partial charge in [-0.25, -0.2) is 9.97 Å². The van der Waals surface area contributed by atoms with Gasteiger partial charge in [-0.15, -0.1) is 0 Å². The van der Waals surface area contributed by atoms with Gasteiger partial charge < -0.3 is 11.1 Å². The minimum absolute atomic E-state index is 0.360. The summed E-state index contributed by atoms with van der Waals surface area (Å²) < 4.78 is 0. The zero-order valence-corrected chi connectivity index (χ0v) is 11.5. The van der Waals surface area contributed by atoms with E-state index >= 15 is 0 Å². The van der Waals surface area contributed by atoms with Crippen LogP contribution in [0.1, 0.15) is 13.8 Å². The van der Waals surface area contributed by atoms with Crippen molar-refractivity contribution in [1.29, 1.82) is 0 Å². The zero-order valence-electron chi connectivity index (χ0n) is 10.8. The molecule has 1 heterocycles. The van der Waals surface area contributed by atoms with Crippen LogP contribution in [0.2, 0.25) is 5.02 Å². The Morgan fingerprint density at radius 3 is 2.84 bits per heavy atom. The Morgan fingerprint density at radius 1 is 1.42 bits per heavy atom. The van der Waals surface area contributed by atoms with Crippen molar-refractivity contribution < 1.29 is 4.79 Å². The van der Waals surface area contributed by atoms with Gasteiger partial charge in [-0.05, 0) is 32.0 Å². The molecule has 0 aliphatic heterocycles. The van der Waals surface area contributed by atoms with Crippen LogP contribution >= 0.6 is 11.6 Å². The number of nitrogens with two attached hydrogens (primary N) is 1. The van der Waals surface area contributed by atoms with E-state index in [0.717, 1.165) is 10.9 Å². The molecule has 0 aliphatic rings. The van der Waals surface area contributed by atoms with Crippen molar-refractivity contribution in [3.05, 3.63) is 29.5 Å². The number of nitrogens with one attached hydrogen (secondary N) is 1. The molecule has 0 atom stereocenters. The van der Waals surface area contributed by atoms with Crippen molar-refractivity contribution in [3.63, 3.8) is 0 Å². The topological polar surface area (TPSA) is 80.9 Å². The first-order chi connectivity index (χ1) is 8.90. The molecule has 19 heavy (non-hydrogen) atoms. The SMILES string of the molecule is CC(C)(CNc1ncnc2cc(Cl)ccc12)C(N)=O. The smallest absolute Gasteiger partial charge is 0.224 e. The molecule has 0 fully saturated rings. The summed E-state index contributed by atoms with van der Waals surface area (Å²) in [5.74, 6) is 0.303. The lowest BCUT2D eigenvalue weighted by molar-refractivity contribution is -0.125. The summed E-state index contributed by atoms with van der Waals surface area (Å²) in [5.41, 5.74) is 5.44. The van der Waals surface area contributed by atoms with E-state index in [0.29, 0.717) is 17.4 Å². The molecule has 0 saturated carbocycles. The van der Waals surface area contributed by atoms with Crippen molar-refractivity contribution in [2.45, 2.75) is 13.8 Å². The lowest BCUT2D eigenvalue weighted by Crippen LogP contribution is -2.37. The van der Waals surface area contributed by atoms with Crippen molar-refractivity contribution >= 4 is 34.2 Å². The van der Waals surface area contributed by atoms with Crippen LogP contribution in [0.5, 0.6) is 0 Å². The normalized spacial score (nSPS) is 11.5. The molecule has 6 heteroatoms. The zero-order chi connectivity index (χ0) is 14.0. The van der Waals surface area contributed by atoms with Crippen molar-refractivity contribution in [2.24, 2.45) is 11.1 Å². The molecule has 5 nitrogen and oxygen atoms in total. The first-order valence-electron chi connectivity index (χ1n) is 5.84. The van der Waals surface area contributed by atoms with Crippen LogP contribution in [0.3, 0.4) is 0 Å². The molecule has 1 aromatic heterocycles. The number of hydrogen-bond donors (Lipinski definition) is 2. The summed E-state index contributed by atoms with van der Waals surface area (Å²) in [6, 6.07) is 5.39. The quantitative estimate of drug-likeness (QED) is 0.898. The Bertz CT molecular complexity index is 627. The van der Waals surface area contributed by atoms with E-state index in [1.165, 1.54) is 6.33 Å². The van der Waals surface area contributed by atoms with E-state index < -0.39 is 5.41 Å². The summed E-state index contributed by atoms with van der Waals surface area (Å²) in [6.45, 7) is 3.96. The molecule has 0 spiro atoms. The average Bonchev–Trinajstić information content (AvgIpc) is 2.35. The van der Waals surface area contributed by atoms with E-state index in [1.54, 1.807) is 26.0 Å². The van der Waals surface area contributed by atoms with Crippen LogP contribution < -0.4 is 11.1 Å². The van der Waals surface area contributed by atoms with E-state index in [2.05, 4.69) is 15.3 Å². The number of primary amides is 1. The molecule has 100 valence electrons. The van der Waals surface area contributed by atoms with Crippen LogP contribution in [-0.2, 0) is 4.79 Å². The number of carbonyl (C=O) groups is 1. The summed E-state index contributed by atoms with van der Waals surface area (Å²) >= 11 is 5.92. The lowest BCUT2D eigenvalue weighted by Gasteiger charge is -2.21. The number of rotatable bonds is 4. The fraction of sp³-hybridized carbons (Fsp3) is 0.308. The molecule has 0 bridgehead atoms. The van der Waals surface area contributed by atoms with Crippen molar-refractivity contribution in [1.82, 2.24) is 9.97 Å². The van der Waals surface area contributed by atoms with Crippen molar-refractivity contribution in [2.75, 3.05) is 11.9 Å². The Morgan fingerprint density at radius 2 is 2.16 bits per heavy atom. The van der Waals surface area contributed by atoms with Crippen LogP contribution in [0.4, 0.5) is 5.82 Å². The minimum atomic E-state index is -0.649. The number of anilines is 1. The fourth-order valence-corrected chi connectivity index (χ4v) is 1.73. The predicted octanol–water partition coefficient (Wildman–Crippen LogP) is 2.21. The average molecular weight is 279 g/mol. The Balaban J connectivity index is 2.29. The second kappa shape index (κ2) is 5.01. The van der Waals surface area contributed by atoms with Crippen LogP contribution in [0.15, 0.2) is 24.5 Å². The highest BCUT2D eigenvalue weighted by atomic mass is 35.5. The first kappa shape index (κ1) is 13.5. The highest BCUT2D eigenvalue weighted by Crippen LogP contribution is 2.23. The fourth-order valence-electron chi connectivity index (χ4n) is 1.56. The highest BCUT2D eigenvalue weighted by Gasteiger charge is 2.24. The molecule has 0 aliphatic carbocycles. The van der Waals surface area contributed by atoms with Gasteiger partial charge in [0, 0.05) is 17.0 Å². The molecule has 0 saturated heterocycles. The Labute approximate surface area is 116 Å². The molecule has 3 N–H and O–H groups in total. The number of amides is 1. The number of fused-ring (bicyclic) bond motifs is 1. The van der Waals surface area contributed by atoms with Gasteiger partial charge in [0.05, 0.1) is 10.9 Å². The van der Waals surface area contributed by atoms with E-state index in [4.69, 9.17) is 17.3 Å². The van der Waals surface area contributed by atoms with E-state index in [-0.39, 0.29) is 5.91 Å². The molecule has 1 amide bonds. The third-order valence-electron chi connectivity index (χ3n) is 2.96. The number of aromatic nitrogens is 2. The summed E-state index contributed by atoms with van der Waals surface area (Å²) in [7, 11) is 0. The maximum atomic E-state index is 11.3. The molecule has 0 radical (unpaired) electrons. The van der Waals surface area contributed by atoms with Gasteiger partial charge in [0.2, 0.25) is 5.91 Å². The van der Waals surface area contributed by atoms with Gasteiger partial charge in [-0.1, -0.05) is 11.6 Å². The second-order valence-corrected chi connectivity index (χ2v) is 5.42. The molecule has 2 rings (SSSR count). The van der Waals surface area contributed by atoms with Crippen LogP contribution in [-0.4, -0.2) is 22.4 Å². The number of carbonyl (C=O) groups excluding carboxylic acids is 1. The maximum Gasteiger partial charge on any atom is 0.224 e. The lowest BCUT2D eigenvalue weighted by atomic mass is 9.93. The number of nitrogens with zero attached hydrogens (tertiary/aromatic N) is 2. The minimum Gasteiger partial charge on any atom is -0.369 e. The third-order valence-corrected chi connectivity index (χ3v) is 3.20. The third kappa shape index (κ3) is 2.93. The summed E-state index contributed by atoms with van der Waals surface area (Å²) in [4.78, 5) is 19.6. The Hall–Kier alpha value is -1.88. The number of halogens is 1. The van der Waals surface area contributed by atoms with Gasteiger partial charge in [-0.2, -0.15) is 0 Å². The summed E-state index contributed by atoms with van der Waals surface area (Å²) in [5, 5.41) is 4.61. The van der Waals surface area contributed by atoms with Crippen molar-refractivity contribution in [3.8, 4) is 0 Å². The standard InChI is InChI=1S/C13H15ClN4O/c1-13(2,12(15)19)6-16-11-9-4-3-8(14)5-10(9)17-7-18-11/h3-5,7H,6H2,1-2H3,(H2,15,19)(H,16,17,18). The molecular weight excluding hydrogens is 264 g/mol. The molecule has 2 aromatic rings. The van der Waals surface area contributed by atoms with Gasteiger partial charge in [-0.3, -0.25) is 4.79 Å². The van der Waals surface area contributed by atoms with Gasteiger partial charge >= 0.3 is 0 Å². The Kier molecular flexibility index (Phi) is 3.57. The molecular formula is C13H15ClN4O. The van der Waals surface area contributed by atoms with Crippen LogP contribution in [0.25, 0.3) is 10.9 Å². The summed E-state index contributed by atoms with van der Waals surface area (Å²) in [6.07, 6.45) is 1.46. The van der Waals surface area contributed by atoms with Crippen LogP contribution in [0, 0.1) is 5.41 Å². The largest absolute Gasteiger partial charge is 0.369 e. The monoisotopic (exact) mass is 278 g/mol. The second-order valence-electron chi connectivity index (χ2n) is 4.99. The van der Waals surface area contributed by atoms with Gasteiger partial charge in [0.25, 0.3) is 0 Å². The molecule has 1 aromatic carbocycles. The first-order valence-corrected chi connectivity index (χ1v) is 6.22. The molecule has 0 unspecified atom stereocenters. The number of benzene rings is 1. The van der Waals surface area contributed by atoms with E-state index in [9.17, 15) is 4.79 Å². The maximum absolute atomic E-state index is 11.3. The number of hydrogen-bond acceptors (Lipinski definition) is 4.